The molecule has 2 rings (SSSR count). The van der Waals surface area contributed by atoms with Crippen LogP contribution in [0.1, 0.15) is 44.4 Å². The largest absolute Gasteiger partial charge is 1.00 e. The van der Waals surface area contributed by atoms with Gasteiger partial charge in [-0.05, 0) is 18.6 Å². The second kappa shape index (κ2) is 13.0. The minimum absolute atomic E-state index is 0. The molecule has 4 nitrogen and oxygen atoms in total. The number of carbonyl (C=O) groups excluding carboxylic acids is 1. The van der Waals surface area contributed by atoms with E-state index in [-0.39, 0.29) is 20.3 Å². The summed E-state index contributed by atoms with van der Waals surface area (Å²) in [7, 11) is 2.11. The Bertz CT molecular complexity index is 675. The van der Waals surface area contributed by atoms with Crippen LogP contribution in [0.5, 0.6) is 11.5 Å². The molecular weight excluding hydrogens is 354 g/mol. The van der Waals surface area contributed by atoms with Crippen LogP contribution in [0.2, 0.25) is 0 Å². The molecule has 0 saturated carbocycles. The van der Waals surface area contributed by atoms with Crippen LogP contribution in [-0.4, -0.2) is 27.1 Å². The number of benzene rings is 2. The second-order valence-electron chi connectivity index (χ2n) is 5.91. The Labute approximate surface area is 177 Å². The number of methoxy groups -OCH3 is 2. The average Bonchev–Trinajstić information content (AvgIpc) is 2.70. The zero-order valence-corrected chi connectivity index (χ0v) is 17.6. The van der Waals surface area contributed by atoms with Crippen molar-refractivity contribution in [3.8, 4) is 11.5 Å². The van der Waals surface area contributed by atoms with Gasteiger partial charge in [0.25, 0.3) is 0 Å². The first kappa shape index (κ1) is 23.7. The normalized spacial score (nSPS) is 11.4. The molecule has 1 unspecified atom stereocenters. The summed E-state index contributed by atoms with van der Waals surface area (Å²) in [6, 6.07) is 13.9. The Balaban J connectivity index is 0.00000364. The predicted octanol–water partition coefficient (Wildman–Crippen LogP) is 1.58. The fourth-order valence-corrected chi connectivity index (χ4v) is 4.52. The van der Waals surface area contributed by atoms with Crippen LogP contribution < -0.4 is 38.9 Å². The van der Waals surface area contributed by atoms with E-state index in [2.05, 4.69) is 19.1 Å². The summed E-state index contributed by atoms with van der Waals surface area (Å²) in [6.45, 7) is 2.91. The third kappa shape index (κ3) is 6.66. The van der Waals surface area contributed by atoms with Gasteiger partial charge in [0, 0.05) is 10.6 Å². The number of rotatable bonds is 11. The van der Waals surface area contributed by atoms with Gasteiger partial charge in [0.1, 0.15) is 11.5 Å². The molecule has 27 heavy (non-hydrogen) atoms. The fraction of sp³-hybridized carbons (Fsp3) is 0.381. The van der Waals surface area contributed by atoms with E-state index in [1.807, 2.05) is 30.3 Å². The molecule has 0 saturated heterocycles. The molecule has 0 aromatic heterocycles. The Hall–Kier alpha value is -1.30. The molecule has 0 N–H and O–H groups in total. The summed E-state index contributed by atoms with van der Waals surface area (Å²) < 4.78 is 17.1. The predicted molar refractivity (Wildman–Crippen MR) is 109 cm³/mol. The van der Waals surface area contributed by atoms with Crippen molar-refractivity contribution in [3.05, 3.63) is 48.0 Å². The maximum Gasteiger partial charge on any atom is 1.00 e. The molecule has 2 aromatic carbocycles. The maximum atomic E-state index is 11.4. The van der Waals surface area contributed by atoms with Crippen LogP contribution in [0, 0.1) is 0 Å². The maximum absolute atomic E-state index is 11.4. The SMILES string of the molecule is CCCCCCOP(c1ccccc1)c1cc(OC)c(C=O)c(OC)c1.[H-].[Li+]. The van der Waals surface area contributed by atoms with E-state index in [0.717, 1.165) is 23.3 Å². The van der Waals surface area contributed by atoms with Crippen LogP contribution in [0.3, 0.4) is 0 Å². The van der Waals surface area contributed by atoms with Crippen molar-refractivity contribution in [2.24, 2.45) is 0 Å². The van der Waals surface area contributed by atoms with Crippen molar-refractivity contribution in [2.75, 3.05) is 20.8 Å². The minimum Gasteiger partial charge on any atom is -1.00 e. The van der Waals surface area contributed by atoms with E-state index < -0.39 is 8.15 Å². The smallest absolute Gasteiger partial charge is 1.00 e. The fourth-order valence-electron chi connectivity index (χ4n) is 2.70. The monoisotopic (exact) mass is 382 g/mol. The molecule has 6 heteroatoms. The topological polar surface area (TPSA) is 44.8 Å². The van der Waals surface area contributed by atoms with Gasteiger partial charge in [0.15, 0.2) is 6.29 Å². The number of ether oxygens (including phenoxy) is 2. The molecule has 0 spiro atoms. The Morgan fingerprint density at radius 1 is 0.963 bits per heavy atom. The molecule has 0 radical (unpaired) electrons. The van der Waals surface area contributed by atoms with Gasteiger partial charge < -0.3 is 15.4 Å². The molecule has 142 valence electrons. The van der Waals surface area contributed by atoms with E-state index >= 15 is 0 Å². The summed E-state index contributed by atoms with van der Waals surface area (Å²) in [5.41, 5.74) is 0.421. The molecule has 2 aromatic rings. The summed E-state index contributed by atoms with van der Waals surface area (Å²) in [5.74, 6) is 1.01. The van der Waals surface area contributed by atoms with Crippen molar-refractivity contribution >= 4 is 25.0 Å². The summed E-state index contributed by atoms with van der Waals surface area (Å²) >= 11 is 0. The van der Waals surface area contributed by atoms with Crippen LogP contribution in [0.25, 0.3) is 0 Å². The first-order chi connectivity index (χ1) is 12.7. The van der Waals surface area contributed by atoms with Gasteiger partial charge in [-0.15, -0.1) is 0 Å². The molecular formula is C21H28LiO4P. The number of carbonyl (C=O) groups is 1. The second-order valence-corrected chi connectivity index (χ2v) is 7.79. The quantitative estimate of drug-likeness (QED) is 0.256. The Kier molecular flexibility index (Phi) is 11.4. The van der Waals surface area contributed by atoms with Gasteiger partial charge in [-0.25, -0.2) is 0 Å². The van der Waals surface area contributed by atoms with Crippen LogP contribution in [0.15, 0.2) is 42.5 Å². The van der Waals surface area contributed by atoms with E-state index in [9.17, 15) is 4.79 Å². The number of hydrogen-bond acceptors (Lipinski definition) is 4. The van der Waals surface area contributed by atoms with Crippen molar-refractivity contribution in [1.82, 2.24) is 0 Å². The number of aldehydes is 1. The van der Waals surface area contributed by atoms with Crippen molar-refractivity contribution in [1.29, 1.82) is 0 Å². The average molecular weight is 382 g/mol. The van der Waals surface area contributed by atoms with Crippen LogP contribution >= 0.6 is 8.15 Å². The molecule has 1 atom stereocenters. The third-order valence-electron chi connectivity index (χ3n) is 4.09. The van der Waals surface area contributed by atoms with E-state index in [1.165, 1.54) is 19.3 Å². The molecule has 0 aliphatic carbocycles. The van der Waals surface area contributed by atoms with Gasteiger partial charge in [-0.1, -0.05) is 56.5 Å². The number of unbranched alkanes of at least 4 members (excludes halogenated alkanes) is 3. The first-order valence-corrected chi connectivity index (χ1v) is 10.2. The Morgan fingerprint density at radius 3 is 2.11 bits per heavy atom. The molecule has 0 aliphatic rings. The molecule has 0 bridgehead atoms. The molecule has 0 fully saturated rings. The van der Waals surface area contributed by atoms with Crippen molar-refractivity contribution in [2.45, 2.75) is 32.6 Å². The van der Waals surface area contributed by atoms with Crippen molar-refractivity contribution < 1.29 is 39.1 Å². The standard InChI is InChI=1S/C21H27O4P.Li.H/c1-4-5-6-10-13-25-26(17-11-8-7-9-12-17)18-14-20(23-2)19(16-22)21(15-18)24-3;;/h7-9,11-12,14-16H,4-6,10,13H2,1-3H3;;/q;+1;-1. The van der Waals surface area contributed by atoms with Gasteiger partial charge >= 0.3 is 18.9 Å². The zero-order chi connectivity index (χ0) is 18.8. The van der Waals surface area contributed by atoms with Gasteiger partial charge in [0.2, 0.25) is 0 Å². The summed E-state index contributed by atoms with van der Waals surface area (Å²) in [6.07, 6.45) is 5.40. The minimum atomic E-state index is -1.01. The summed E-state index contributed by atoms with van der Waals surface area (Å²) in [4.78, 5) is 11.4. The van der Waals surface area contributed by atoms with Gasteiger partial charge in [0.05, 0.1) is 34.5 Å². The van der Waals surface area contributed by atoms with E-state index in [4.69, 9.17) is 14.0 Å². The van der Waals surface area contributed by atoms with E-state index in [0.29, 0.717) is 23.7 Å². The van der Waals surface area contributed by atoms with Gasteiger partial charge in [-0.3, -0.25) is 4.79 Å². The van der Waals surface area contributed by atoms with Crippen LogP contribution in [-0.2, 0) is 4.52 Å². The molecule has 0 aliphatic heterocycles. The zero-order valence-electron chi connectivity index (χ0n) is 17.7. The first-order valence-electron chi connectivity index (χ1n) is 8.94. The van der Waals surface area contributed by atoms with Crippen LogP contribution in [0.4, 0.5) is 0 Å². The van der Waals surface area contributed by atoms with E-state index in [1.54, 1.807) is 14.2 Å². The third-order valence-corrected chi connectivity index (χ3v) is 6.03. The van der Waals surface area contributed by atoms with Crippen molar-refractivity contribution in [3.63, 3.8) is 0 Å². The summed E-state index contributed by atoms with van der Waals surface area (Å²) in [5, 5.41) is 2.10. The van der Waals surface area contributed by atoms with Gasteiger partial charge in [-0.2, -0.15) is 0 Å². The molecule has 0 heterocycles. The Morgan fingerprint density at radius 2 is 1.59 bits per heavy atom. The number of hydrogen-bond donors (Lipinski definition) is 0. The molecule has 0 amide bonds.